The molecule has 7 nitrogen and oxygen atoms in total. The van der Waals surface area contributed by atoms with E-state index in [2.05, 4.69) is 0 Å². The van der Waals surface area contributed by atoms with Gasteiger partial charge in [0.1, 0.15) is 17.4 Å². The lowest BCUT2D eigenvalue weighted by molar-refractivity contribution is -0.133. The maximum Gasteiger partial charge on any atom is 0.262 e. The number of nitrogens with one attached hydrogen (secondary N) is 1. The molecule has 1 unspecified atom stereocenters. The lowest BCUT2D eigenvalue weighted by Gasteiger charge is -2.34. The lowest BCUT2D eigenvalue weighted by atomic mass is 9.95. The fourth-order valence-corrected chi connectivity index (χ4v) is 4.78. The van der Waals surface area contributed by atoms with Crippen molar-refractivity contribution in [3.63, 3.8) is 0 Å². The van der Waals surface area contributed by atoms with Crippen LogP contribution in [0.15, 0.2) is 53.4 Å². The number of carbonyl (C=O) groups is 1. The molecule has 1 aliphatic heterocycles. The van der Waals surface area contributed by atoms with Crippen LogP contribution in [0.1, 0.15) is 31.9 Å². The molecule has 3 rings (SSSR count). The van der Waals surface area contributed by atoms with E-state index in [1.165, 1.54) is 12.1 Å². The molecule has 1 heterocycles. The Bertz CT molecular complexity index is 965. The van der Waals surface area contributed by atoms with Crippen molar-refractivity contribution in [1.29, 1.82) is 0 Å². The van der Waals surface area contributed by atoms with Crippen molar-refractivity contribution in [1.82, 2.24) is 9.79 Å². The first-order valence-corrected chi connectivity index (χ1v) is 10.4. The Balaban J connectivity index is 1.95. The Morgan fingerprint density at radius 3 is 2.29 bits per heavy atom. The Morgan fingerprint density at radius 2 is 1.71 bits per heavy atom. The molecule has 0 aromatic heterocycles. The van der Waals surface area contributed by atoms with Crippen molar-refractivity contribution in [2.45, 2.75) is 50.3 Å². The third-order valence-corrected chi connectivity index (χ3v) is 6.34. The molecule has 1 amide bonds. The zero-order valence-electron chi connectivity index (χ0n) is 16.0. The van der Waals surface area contributed by atoms with E-state index in [9.17, 15) is 13.2 Å². The van der Waals surface area contributed by atoms with Crippen LogP contribution in [0.25, 0.3) is 0 Å². The van der Waals surface area contributed by atoms with Gasteiger partial charge < -0.3 is 4.74 Å². The van der Waals surface area contributed by atoms with Crippen LogP contribution >= 0.6 is 0 Å². The lowest BCUT2D eigenvalue weighted by Crippen LogP contribution is -2.51. The van der Waals surface area contributed by atoms with Crippen molar-refractivity contribution >= 4 is 15.9 Å². The van der Waals surface area contributed by atoms with Crippen molar-refractivity contribution in [2.75, 3.05) is 0 Å². The highest BCUT2D eigenvalue weighted by molar-refractivity contribution is 7.89. The van der Waals surface area contributed by atoms with Crippen molar-refractivity contribution < 1.29 is 23.2 Å². The third kappa shape index (κ3) is 4.19. The maximum absolute atomic E-state index is 13.2. The molecule has 1 atom stereocenters. The van der Waals surface area contributed by atoms with Crippen LogP contribution in [0.2, 0.25) is 0 Å². The van der Waals surface area contributed by atoms with Gasteiger partial charge >= 0.3 is 0 Å². The molecule has 150 valence electrons. The molecule has 0 bridgehead atoms. The summed E-state index contributed by atoms with van der Waals surface area (Å²) in [4.78, 5) is 12.2. The van der Waals surface area contributed by atoms with Crippen LogP contribution in [0, 0.1) is 0 Å². The van der Waals surface area contributed by atoms with E-state index in [0.717, 1.165) is 15.4 Å². The average Bonchev–Trinajstić information content (AvgIpc) is 2.65. The number of carbonyl (C=O) groups excluding carboxylic acids is 1. The van der Waals surface area contributed by atoms with Gasteiger partial charge in [-0.05, 0) is 62.6 Å². The number of fused-ring (bicyclic) bond motifs is 1. The summed E-state index contributed by atoms with van der Waals surface area (Å²) >= 11 is 0. The first-order valence-electron chi connectivity index (χ1n) is 8.93. The minimum absolute atomic E-state index is 0.0524. The molecule has 0 saturated heterocycles. The Hall–Kier alpha value is -2.42. The molecule has 0 saturated carbocycles. The summed E-state index contributed by atoms with van der Waals surface area (Å²) in [7, 11) is -3.96. The monoisotopic (exact) mass is 404 g/mol. The minimum atomic E-state index is -3.96. The molecule has 8 heteroatoms. The SMILES string of the molecule is CC(C)(C)Oc1ccc(S(=O)(=O)N2Cc3ccccc3CC2C(=O)NO)cc1. The van der Waals surface area contributed by atoms with Gasteiger partial charge in [-0.15, -0.1) is 0 Å². The Kier molecular flexibility index (Phi) is 5.47. The van der Waals surface area contributed by atoms with E-state index in [1.54, 1.807) is 17.6 Å². The largest absolute Gasteiger partial charge is 0.488 e. The zero-order chi connectivity index (χ0) is 20.5. The number of benzene rings is 2. The predicted molar refractivity (Wildman–Crippen MR) is 103 cm³/mol. The highest BCUT2D eigenvalue weighted by Crippen LogP contribution is 2.30. The maximum atomic E-state index is 13.2. The quantitative estimate of drug-likeness (QED) is 0.603. The number of ether oxygens (including phenoxy) is 1. The van der Waals surface area contributed by atoms with Crippen LogP contribution in [-0.4, -0.2) is 35.5 Å². The van der Waals surface area contributed by atoms with Gasteiger partial charge in [0.25, 0.3) is 5.91 Å². The number of nitrogens with zero attached hydrogens (tertiary/aromatic N) is 1. The molecule has 2 aromatic rings. The van der Waals surface area contributed by atoms with Crippen LogP contribution < -0.4 is 10.2 Å². The van der Waals surface area contributed by atoms with E-state index < -0.39 is 27.6 Å². The molecule has 2 aromatic carbocycles. The number of sulfonamides is 1. The van der Waals surface area contributed by atoms with Crippen molar-refractivity contribution in [2.24, 2.45) is 0 Å². The number of amides is 1. The minimum Gasteiger partial charge on any atom is -0.488 e. The van der Waals surface area contributed by atoms with Crippen LogP contribution in [0.3, 0.4) is 0 Å². The molecule has 0 aliphatic carbocycles. The molecule has 0 spiro atoms. The van der Waals surface area contributed by atoms with Gasteiger partial charge in [0, 0.05) is 6.54 Å². The normalized spacial score (nSPS) is 17.6. The zero-order valence-corrected chi connectivity index (χ0v) is 16.9. The molecular weight excluding hydrogens is 380 g/mol. The van der Waals surface area contributed by atoms with Crippen LogP contribution in [0.4, 0.5) is 0 Å². The van der Waals surface area contributed by atoms with E-state index in [4.69, 9.17) is 9.94 Å². The average molecular weight is 404 g/mol. The number of hydroxylamine groups is 1. The van der Waals surface area contributed by atoms with Crippen LogP contribution in [-0.2, 0) is 27.8 Å². The van der Waals surface area contributed by atoms with Gasteiger partial charge in [0.15, 0.2) is 0 Å². The van der Waals surface area contributed by atoms with Crippen LogP contribution in [0.5, 0.6) is 5.75 Å². The molecule has 0 fully saturated rings. The van der Waals surface area contributed by atoms with E-state index in [0.29, 0.717) is 5.75 Å². The predicted octanol–water partition coefficient (Wildman–Crippen LogP) is 2.48. The standard InChI is InChI=1S/C20H24N2O5S/c1-20(2,3)27-16-8-10-17(11-9-16)28(25,26)22-13-15-7-5-4-6-14(15)12-18(22)19(23)21-24/h4-11,18,24H,12-13H2,1-3H3,(H,21,23). The van der Waals surface area contributed by atoms with E-state index >= 15 is 0 Å². The molecule has 28 heavy (non-hydrogen) atoms. The number of hydrogen-bond donors (Lipinski definition) is 2. The second-order valence-corrected chi connectivity index (χ2v) is 9.59. The second-order valence-electron chi connectivity index (χ2n) is 7.70. The van der Waals surface area contributed by atoms with E-state index in [-0.39, 0.29) is 17.9 Å². The number of rotatable bonds is 4. The smallest absolute Gasteiger partial charge is 0.262 e. The highest BCUT2D eigenvalue weighted by Gasteiger charge is 2.39. The van der Waals surface area contributed by atoms with Gasteiger partial charge in [-0.1, -0.05) is 24.3 Å². The third-order valence-electron chi connectivity index (χ3n) is 4.47. The Morgan fingerprint density at radius 1 is 1.11 bits per heavy atom. The van der Waals surface area contributed by atoms with Gasteiger partial charge in [-0.2, -0.15) is 4.31 Å². The van der Waals surface area contributed by atoms with Gasteiger partial charge in [0.05, 0.1) is 4.90 Å². The summed E-state index contributed by atoms with van der Waals surface area (Å²) in [5, 5.41) is 9.10. The number of hydrogen-bond acceptors (Lipinski definition) is 5. The van der Waals surface area contributed by atoms with Crippen molar-refractivity contribution in [3.05, 3.63) is 59.7 Å². The van der Waals surface area contributed by atoms with Gasteiger partial charge in [-0.3, -0.25) is 10.0 Å². The topological polar surface area (TPSA) is 95.9 Å². The summed E-state index contributed by atoms with van der Waals surface area (Å²) in [6.07, 6.45) is 0.188. The molecule has 1 aliphatic rings. The second kappa shape index (κ2) is 7.54. The summed E-state index contributed by atoms with van der Waals surface area (Å²) < 4.78 is 33.4. The fraction of sp³-hybridized carbons (Fsp3) is 0.350. The van der Waals surface area contributed by atoms with Gasteiger partial charge in [0.2, 0.25) is 10.0 Å². The summed E-state index contributed by atoms with van der Waals surface area (Å²) in [5.41, 5.74) is 2.91. The molecule has 2 N–H and O–H groups in total. The summed E-state index contributed by atoms with van der Waals surface area (Å²) in [6.45, 7) is 5.76. The fourth-order valence-electron chi connectivity index (χ4n) is 3.22. The van der Waals surface area contributed by atoms with E-state index in [1.807, 2.05) is 45.0 Å². The first-order chi connectivity index (χ1) is 13.1. The highest BCUT2D eigenvalue weighted by atomic mass is 32.2. The molecular formula is C20H24N2O5S. The van der Waals surface area contributed by atoms with Gasteiger partial charge in [-0.25, -0.2) is 13.9 Å². The Labute approximate surface area is 164 Å². The summed E-state index contributed by atoms with van der Waals surface area (Å²) in [6, 6.07) is 12.4. The molecule has 0 radical (unpaired) electrons. The summed E-state index contributed by atoms with van der Waals surface area (Å²) in [5.74, 6) is -0.203. The first kappa shape index (κ1) is 20.3. The van der Waals surface area contributed by atoms with Crippen molar-refractivity contribution in [3.8, 4) is 5.75 Å².